The summed E-state index contributed by atoms with van der Waals surface area (Å²) in [7, 11) is 1.90. The van der Waals surface area contributed by atoms with Crippen LogP contribution >= 0.6 is 11.8 Å². The summed E-state index contributed by atoms with van der Waals surface area (Å²) in [6, 6.07) is 0. The first kappa shape index (κ1) is 7.89. The predicted octanol–water partition coefficient (Wildman–Crippen LogP) is 1.82. The molecule has 0 rings (SSSR count). The molecule has 1 nitrogen and oxygen atoms in total. The second kappa shape index (κ2) is 5.04. The van der Waals surface area contributed by atoms with Crippen molar-refractivity contribution in [2.75, 3.05) is 7.05 Å². The number of rotatable bonds is 3. The van der Waals surface area contributed by atoms with Gasteiger partial charge in [-0.3, -0.25) is 0 Å². The van der Waals surface area contributed by atoms with Crippen molar-refractivity contribution in [1.82, 2.24) is 5.32 Å². The molecule has 0 bridgehead atoms. The van der Waals surface area contributed by atoms with Crippen molar-refractivity contribution in [3.05, 3.63) is 11.6 Å². The van der Waals surface area contributed by atoms with E-state index >= 15 is 0 Å². The Bertz CT molecular complexity index is 68.9. The fraction of sp³-hybridized carbons (Fsp3) is 0.667. The van der Waals surface area contributed by atoms with Gasteiger partial charge in [0.25, 0.3) is 0 Å². The first-order chi connectivity index (χ1) is 3.77. The Morgan fingerprint density at radius 3 is 2.50 bits per heavy atom. The van der Waals surface area contributed by atoms with Gasteiger partial charge in [-0.2, -0.15) is 0 Å². The smallest absolute Gasteiger partial charge is 0.00323 e. The van der Waals surface area contributed by atoms with Crippen LogP contribution in [0.5, 0.6) is 0 Å². The molecule has 0 amide bonds. The molecule has 0 unspecified atom stereocenters. The van der Waals surface area contributed by atoms with Gasteiger partial charge in [0.2, 0.25) is 0 Å². The molecule has 48 valence electrons. The summed E-state index contributed by atoms with van der Waals surface area (Å²) in [6.07, 6.45) is 1.94. The molecular weight excluding hydrogens is 118 g/mol. The van der Waals surface area contributed by atoms with Crippen molar-refractivity contribution >= 4 is 11.8 Å². The van der Waals surface area contributed by atoms with Crippen LogP contribution < -0.4 is 5.32 Å². The zero-order chi connectivity index (χ0) is 6.41. The van der Waals surface area contributed by atoms with Crippen LogP contribution in [0.1, 0.15) is 13.8 Å². The minimum atomic E-state index is 0.694. The molecule has 0 atom stereocenters. The topological polar surface area (TPSA) is 12.0 Å². The van der Waals surface area contributed by atoms with Gasteiger partial charge in [0, 0.05) is 18.5 Å². The van der Waals surface area contributed by atoms with Crippen molar-refractivity contribution in [3.63, 3.8) is 0 Å². The first-order valence-electron chi connectivity index (χ1n) is 2.75. The predicted molar refractivity (Wildman–Crippen MR) is 40.9 cm³/mol. The number of thioether (sulfide) groups is 1. The zero-order valence-corrected chi connectivity index (χ0v) is 6.46. The maximum Gasteiger partial charge on any atom is 0.00323 e. The summed E-state index contributed by atoms with van der Waals surface area (Å²) in [6.45, 7) is 4.34. The molecule has 0 aromatic carbocycles. The third-order valence-corrected chi connectivity index (χ3v) is 1.42. The molecule has 8 heavy (non-hydrogen) atoms. The van der Waals surface area contributed by atoms with Gasteiger partial charge < -0.3 is 5.32 Å². The minimum Gasteiger partial charge on any atom is -0.394 e. The maximum absolute atomic E-state index is 2.92. The molecule has 0 aliphatic carbocycles. The van der Waals surface area contributed by atoms with Crippen molar-refractivity contribution in [2.24, 2.45) is 0 Å². The average molecular weight is 131 g/mol. The van der Waals surface area contributed by atoms with Crippen LogP contribution in [-0.2, 0) is 0 Å². The number of hydrogen-bond donors (Lipinski definition) is 1. The lowest BCUT2D eigenvalue weighted by molar-refractivity contribution is 1.10. The Labute approximate surface area is 55.5 Å². The highest BCUT2D eigenvalue weighted by Gasteiger charge is 1.84. The molecule has 0 aliphatic rings. The standard InChI is InChI=1S/C6H13NS/c1-6(2)8-5-4-7-3/h4-7H,1-3H3/b5-4-. The van der Waals surface area contributed by atoms with Crippen molar-refractivity contribution in [1.29, 1.82) is 0 Å². The monoisotopic (exact) mass is 131 g/mol. The summed E-state index contributed by atoms with van der Waals surface area (Å²) >= 11 is 1.81. The maximum atomic E-state index is 2.92. The minimum absolute atomic E-state index is 0.694. The third kappa shape index (κ3) is 5.89. The fourth-order valence-corrected chi connectivity index (χ4v) is 0.793. The second-order valence-corrected chi connectivity index (χ2v) is 3.26. The van der Waals surface area contributed by atoms with Gasteiger partial charge in [-0.1, -0.05) is 13.8 Å². The fourth-order valence-electron chi connectivity index (χ4n) is 0.264. The van der Waals surface area contributed by atoms with E-state index in [0.717, 1.165) is 0 Å². The SMILES string of the molecule is CN/C=C\SC(C)C. The lowest BCUT2D eigenvalue weighted by Crippen LogP contribution is -1.90. The molecule has 1 N–H and O–H groups in total. The van der Waals surface area contributed by atoms with Crippen LogP contribution in [0.2, 0.25) is 0 Å². The Hall–Kier alpha value is -0.110. The van der Waals surface area contributed by atoms with Gasteiger partial charge in [-0.05, 0) is 5.41 Å². The highest BCUT2D eigenvalue weighted by Crippen LogP contribution is 2.08. The van der Waals surface area contributed by atoms with Gasteiger partial charge in [-0.25, -0.2) is 0 Å². The Morgan fingerprint density at radius 2 is 2.12 bits per heavy atom. The van der Waals surface area contributed by atoms with Crippen LogP contribution in [0.4, 0.5) is 0 Å². The van der Waals surface area contributed by atoms with E-state index in [2.05, 4.69) is 24.6 Å². The summed E-state index contributed by atoms with van der Waals surface area (Å²) < 4.78 is 0. The van der Waals surface area contributed by atoms with E-state index in [-0.39, 0.29) is 0 Å². The molecule has 0 saturated carbocycles. The Morgan fingerprint density at radius 1 is 1.50 bits per heavy atom. The van der Waals surface area contributed by atoms with Crippen molar-refractivity contribution in [2.45, 2.75) is 19.1 Å². The molecule has 2 heteroatoms. The highest BCUT2D eigenvalue weighted by atomic mass is 32.2. The third-order valence-electron chi connectivity index (χ3n) is 0.585. The van der Waals surface area contributed by atoms with Crippen molar-refractivity contribution in [3.8, 4) is 0 Å². The molecule has 0 heterocycles. The van der Waals surface area contributed by atoms with E-state index < -0.39 is 0 Å². The van der Waals surface area contributed by atoms with Crippen LogP contribution in [0.15, 0.2) is 11.6 Å². The molecule has 0 aliphatic heterocycles. The molecule has 0 radical (unpaired) electrons. The van der Waals surface area contributed by atoms with Gasteiger partial charge in [0.1, 0.15) is 0 Å². The van der Waals surface area contributed by atoms with Crippen LogP contribution in [0.3, 0.4) is 0 Å². The zero-order valence-electron chi connectivity index (χ0n) is 5.64. The highest BCUT2D eigenvalue weighted by molar-refractivity contribution is 8.02. The van der Waals surface area contributed by atoms with Crippen LogP contribution in [-0.4, -0.2) is 12.3 Å². The summed E-state index contributed by atoms with van der Waals surface area (Å²) in [5, 5.41) is 5.68. The van der Waals surface area contributed by atoms with Crippen LogP contribution in [0.25, 0.3) is 0 Å². The van der Waals surface area contributed by atoms with Crippen molar-refractivity contribution < 1.29 is 0 Å². The Kier molecular flexibility index (Phi) is 4.97. The van der Waals surface area contributed by atoms with E-state index in [1.54, 1.807) is 0 Å². The van der Waals surface area contributed by atoms with E-state index in [1.807, 2.05) is 25.0 Å². The molecular formula is C6H13NS. The quantitative estimate of drug-likeness (QED) is 0.627. The lowest BCUT2D eigenvalue weighted by atomic mass is 10.6. The van der Waals surface area contributed by atoms with Crippen LogP contribution in [0, 0.1) is 0 Å². The molecule has 0 saturated heterocycles. The summed E-state index contributed by atoms with van der Waals surface area (Å²) in [5.41, 5.74) is 0. The van der Waals surface area contributed by atoms with Gasteiger partial charge in [0.05, 0.1) is 0 Å². The number of hydrogen-bond acceptors (Lipinski definition) is 2. The number of nitrogens with one attached hydrogen (secondary N) is 1. The largest absolute Gasteiger partial charge is 0.394 e. The Balaban J connectivity index is 3.03. The van der Waals surface area contributed by atoms with E-state index in [9.17, 15) is 0 Å². The summed E-state index contributed by atoms with van der Waals surface area (Å²) in [4.78, 5) is 0. The van der Waals surface area contributed by atoms with E-state index in [1.165, 1.54) is 0 Å². The molecule has 0 fully saturated rings. The van der Waals surface area contributed by atoms with Gasteiger partial charge >= 0.3 is 0 Å². The summed E-state index contributed by atoms with van der Waals surface area (Å²) in [5.74, 6) is 0. The second-order valence-electron chi connectivity index (χ2n) is 1.78. The molecule has 0 spiro atoms. The van der Waals surface area contributed by atoms with E-state index in [4.69, 9.17) is 0 Å². The first-order valence-corrected chi connectivity index (χ1v) is 3.69. The van der Waals surface area contributed by atoms with Gasteiger partial charge in [-0.15, -0.1) is 11.8 Å². The lowest BCUT2D eigenvalue weighted by Gasteiger charge is -1.95. The van der Waals surface area contributed by atoms with Gasteiger partial charge in [0.15, 0.2) is 0 Å². The normalized spacial score (nSPS) is 11.0. The average Bonchev–Trinajstić information content (AvgIpc) is 1.66. The molecule has 0 aromatic rings. The molecule has 0 aromatic heterocycles. The van der Waals surface area contributed by atoms with E-state index in [0.29, 0.717) is 5.25 Å².